The lowest BCUT2D eigenvalue weighted by molar-refractivity contribution is -0.124. The van der Waals surface area contributed by atoms with Crippen molar-refractivity contribution in [3.05, 3.63) is 65.1 Å². The highest BCUT2D eigenvalue weighted by atomic mass is 32.2. The maximum atomic E-state index is 13.4. The molecule has 0 saturated carbocycles. The van der Waals surface area contributed by atoms with E-state index in [4.69, 9.17) is 4.74 Å². The van der Waals surface area contributed by atoms with Crippen LogP contribution in [-0.4, -0.2) is 41.8 Å². The van der Waals surface area contributed by atoms with Gasteiger partial charge in [0, 0.05) is 5.69 Å². The van der Waals surface area contributed by atoms with Crippen molar-refractivity contribution in [3.63, 3.8) is 0 Å². The molecule has 7 nitrogen and oxygen atoms in total. The number of carbonyl (C=O) groups is 3. The molecule has 0 radical (unpaired) electrons. The van der Waals surface area contributed by atoms with E-state index >= 15 is 0 Å². The monoisotopic (exact) mass is 437 g/mol. The minimum atomic E-state index is -0.489. The van der Waals surface area contributed by atoms with E-state index in [1.54, 1.807) is 55.6 Å². The van der Waals surface area contributed by atoms with Crippen LogP contribution in [0.5, 0.6) is 5.75 Å². The van der Waals surface area contributed by atoms with Gasteiger partial charge in [0.25, 0.3) is 0 Å². The van der Waals surface area contributed by atoms with Crippen molar-refractivity contribution in [2.24, 2.45) is 5.92 Å². The van der Waals surface area contributed by atoms with Gasteiger partial charge in [-0.05, 0) is 60.7 Å². The van der Waals surface area contributed by atoms with E-state index in [2.05, 4.69) is 5.32 Å². The summed E-state index contributed by atoms with van der Waals surface area (Å²) in [7, 11) is 1.57. The zero-order valence-corrected chi connectivity index (χ0v) is 18.3. The second-order valence-corrected chi connectivity index (χ2v) is 8.75. The van der Waals surface area contributed by atoms with Crippen LogP contribution >= 0.6 is 11.8 Å². The van der Waals surface area contributed by atoms with Crippen LogP contribution in [0, 0.1) is 5.92 Å². The van der Waals surface area contributed by atoms with E-state index in [0.29, 0.717) is 17.1 Å². The fourth-order valence-electron chi connectivity index (χ4n) is 3.80. The number of nitrogens with zero attached hydrogens (tertiary/aromatic N) is 2. The van der Waals surface area contributed by atoms with Crippen molar-refractivity contribution in [1.29, 1.82) is 0 Å². The number of thioether (sulfide) groups is 1. The zero-order valence-electron chi connectivity index (χ0n) is 17.5. The number of para-hydroxylation sites is 1. The Morgan fingerprint density at radius 1 is 1.06 bits per heavy atom. The van der Waals surface area contributed by atoms with Gasteiger partial charge in [0.05, 0.1) is 24.1 Å². The summed E-state index contributed by atoms with van der Waals surface area (Å²) >= 11 is 1.46. The number of rotatable bonds is 5. The first-order chi connectivity index (χ1) is 14.9. The molecule has 1 saturated heterocycles. The molecule has 2 aromatic rings. The van der Waals surface area contributed by atoms with Crippen molar-refractivity contribution >= 4 is 41.0 Å². The molecule has 0 aromatic heterocycles. The Kier molecular flexibility index (Phi) is 5.73. The average Bonchev–Trinajstić information content (AvgIpc) is 3.07. The summed E-state index contributed by atoms with van der Waals surface area (Å²) in [5.74, 6) is -0.377. The summed E-state index contributed by atoms with van der Waals surface area (Å²) in [6.07, 6.45) is 0. The first-order valence-corrected chi connectivity index (χ1v) is 10.8. The second-order valence-electron chi connectivity index (χ2n) is 7.42. The molecule has 1 fully saturated rings. The number of methoxy groups -OCH3 is 1. The molecule has 31 heavy (non-hydrogen) atoms. The SMILES string of the molecule is COc1ccc(NC(=O)CN2C(=O)N(c3ccccc3)C(=O)C3C(C)=C(C)SC32)cc1. The quantitative estimate of drug-likeness (QED) is 0.762. The lowest BCUT2D eigenvalue weighted by Gasteiger charge is -2.41. The van der Waals surface area contributed by atoms with Gasteiger partial charge in [-0.25, -0.2) is 9.69 Å². The van der Waals surface area contributed by atoms with Gasteiger partial charge in [-0.3, -0.25) is 9.59 Å². The summed E-state index contributed by atoms with van der Waals surface area (Å²) in [6.45, 7) is 3.70. The van der Waals surface area contributed by atoms with Crippen LogP contribution in [0.4, 0.5) is 16.2 Å². The molecule has 2 atom stereocenters. The molecular formula is C23H23N3O4S. The van der Waals surface area contributed by atoms with Crippen LogP contribution in [0.1, 0.15) is 13.8 Å². The number of hydrogen-bond acceptors (Lipinski definition) is 5. The van der Waals surface area contributed by atoms with Gasteiger partial charge >= 0.3 is 6.03 Å². The van der Waals surface area contributed by atoms with E-state index in [9.17, 15) is 14.4 Å². The van der Waals surface area contributed by atoms with E-state index in [1.807, 2.05) is 19.9 Å². The second kappa shape index (κ2) is 8.47. The summed E-state index contributed by atoms with van der Waals surface area (Å²) in [6, 6.07) is 15.3. The molecule has 4 rings (SSSR count). The predicted molar refractivity (Wildman–Crippen MR) is 121 cm³/mol. The lowest BCUT2D eigenvalue weighted by atomic mass is 9.95. The predicted octanol–water partition coefficient (Wildman–Crippen LogP) is 4.09. The number of carbonyl (C=O) groups excluding carboxylic acids is 3. The van der Waals surface area contributed by atoms with Crippen molar-refractivity contribution in [2.45, 2.75) is 19.2 Å². The summed E-state index contributed by atoms with van der Waals surface area (Å²) in [5, 5.41) is 2.39. The van der Waals surface area contributed by atoms with Crippen LogP contribution in [-0.2, 0) is 9.59 Å². The fourth-order valence-corrected chi connectivity index (χ4v) is 5.22. The van der Waals surface area contributed by atoms with E-state index in [-0.39, 0.29) is 18.4 Å². The molecule has 0 bridgehead atoms. The Morgan fingerprint density at radius 2 is 1.74 bits per heavy atom. The van der Waals surface area contributed by atoms with Gasteiger partial charge in [-0.2, -0.15) is 0 Å². The Hall–Kier alpha value is -3.26. The van der Waals surface area contributed by atoms with Crippen LogP contribution in [0.2, 0.25) is 0 Å². The third-order valence-electron chi connectivity index (χ3n) is 5.54. The number of benzene rings is 2. The molecule has 2 heterocycles. The number of hydrogen-bond donors (Lipinski definition) is 1. The van der Waals surface area contributed by atoms with Gasteiger partial charge in [-0.15, -0.1) is 11.8 Å². The Morgan fingerprint density at radius 3 is 2.39 bits per heavy atom. The van der Waals surface area contributed by atoms with E-state index < -0.39 is 17.3 Å². The first kappa shape index (κ1) is 21.0. The highest BCUT2D eigenvalue weighted by Crippen LogP contribution is 2.47. The van der Waals surface area contributed by atoms with Crippen LogP contribution in [0.3, 0.4) is 0 Å². The number of imide groups is 1. The maximum Gasteiger partial charge on any atom is 0.332 e. The zero-order chi connectivity index (χ0) is 22.1. The van der Waals surface area contributed by atoms with Gasteiger partial charge in [0.1, 0.15) is 12.3 Å². The van der Waals surface area contributed by atoms with Crippen LogP contribution in [0.25, 0.3) is 0 Å². The van der Waals surface area contributed by atoms with E-state index in [0.717, 1.165) is 10.5 Å². The standard InChI is InChI=1S/C23H23N3O4S/c1-14-15(2)31-22-20(14)21(28)26(17-7-5-4-6-8-17)23(29)25(22)13-19(27)24-16-9-11-18(30-3)12-10-16/h4-12,20,22H,13H2,1-3H3,(H,24,27). The number of fused-ring (bicyclic) bond motifs is 1. The maximum absolute atomic E-state index is 13.4. The molecule has 1 N–H and O–H groups in total. The van der Waals surface area contributed by atoms with Crippen molar-refractivity contribution in [3.8, 4) is 5.75 Å². The van der Waals surface area contributed by atoms with Crippen molar-refractivity contribution in [2.75, 3.05) is 23.9 Å². The molecule has 8 heteroatoms. The van der Waals surface area contributed by atoms with Gasteiger partial charge in [0.15, 0.2) is 0 Å². The topological polar surface area (TPSA) is 79.0 Å². The molecule has 2 unspecified atom stereocenters. The number of allylic oxidation sites excluding steroid dienone is 1. The first-order valence-electron chi connectivity index (χ1n) is 9.88. The Labute approximate surface area is 185 Å². The smallest absolute Gasteiger partial charge is 0.332 e. The van der Waals surface area contributed by atoms with Gasteiger partial charge < -0.3 is 15.0 Å². The molecule has 4 amide bonds. The fraction of sp³-hybridized carbons (Fsp3) is 0.261. The Bertz CT molecular complexity index is 1050. The van der Waals surface area contributed by atoms with Crippen molar-refractivity contribution in [1.82, 2.24) is 4.90 Å². The number of urea groups is 1. The normalized spacial score (nSPS) is 20.7. The van der Waals surface area contributed by atoms with Crippen LogP contribution in [0.15, 0.2) is 65.1 Å². The number of amides is 4. The molecule has 160 valence electrons. The average molecular weight is 438 g/mol. The van der Waals surface area contributed by atoms with Crippen LogP contribution < -0.4 is 15.0 Å². The molecule has 2 aliphatic rings. The van der Waals surface area contributed by atoms with Gasteiger partial charge in [0.2, 0.25) is 11.8 Å². The summed E-state index contributed by atoms with van der Waals surface area (Å²) in [5.41, 5.74) is 2.04. The van der Waals surface area contributed by atoms with E-state index in [1.165, 1.54) is 21.6 Å². The highest BCUT2D eigenvalue weighted by molar-refractivity contribution is 8.03. The molecule has 0 aliphatic carbocycles. The highest BCUT2D eigenvalue weighted by Gasteiger charge is 2.51. The minimum Gasteiger partial charge on any atom is -0.497 e. The summed E-state index contributed by atoms with van der Waals surface area (Å²) in [4.78, 5) is 43.1. The number of ether oxygens (including phenoxy) is 1. The number of anilines is 2. The molecule has 2 aromatic carbocycles. The Balaban J connectivity index is 1.59. The largest absolute Gasteiger partial charge is 0.497 e. The van der Waals surface area contributed by atoms with Gasteiger partial charge in [-0.1, -0.05) is 18.2 Å². The number of nitrogens with one attached hydrogen (secondary N) is 1. The lowest BCUT2D eigenvalue weighted by Crippen LogP contribution is -2.61. The molecule has 0 spiro atoms. The van der Waals surface area contributed by atoms with Crippen molar-refractivity contribution < 1.29 is 19.1 Å². The third kappa shape index (κ3) is 3.90. The minimum absolute atomic E-state index is 0.157. The summed E-state index contributed by atoms with van der Waals surface area (Å²) < 4.78 is 5.13. The molecular weight excluding hydrogens is 414 g/mol. The third-order valence-corrected chi connectivity index (χ3v) is 6.98. The molecule has 2 aliphatic heterocycles.